The van der Waals surface area contributed by atoms with Crippen molar-refractivity contribution in [3.05, 3.63) is 78.3 Å². The zero-order valence-electron chi connectivity index (χ0n) is 20.4. The van der Waals surface area contributed by atoms with Crippen LogP contribution in [0.2, 0.25) is 0 Å². The van der Waals surface area contributed by atoms with Crippen LogP contribution in [0.4, 0.5) is 5.69 Å². The maximum Gasteiger partial charge on any atom is 0.116 e. The molecule has 8 heteroatoms. The van der Waals surface area contributed by atoms with Gasteiger partial charge in [-0.3, -0.25) is 20.1 Å². The molecule has 182 valence electrons. The fraction of sp³-hybridized carbons (Fsp3) is 0.172. The summed E-state index contributed by atoms with van der Waals surface area (Å²) in [5.74, 6) is 0.558. The van der Waals surface area contributed by atoms with Gasteiger partial charge in [-0.15, -0.1) is 11.3 Å². The number of pyridine rings is 3. The van der Waals surface area contributed by atoms with Gasteiger partial charge in [0.25, 0.3) is 0 Å². The van der Waals surface area contributed by atoms with E-state index in [0.29, 0.717) is 5.92 Å². The summed E-state index contributed by atoms with van der Waals surface area (Å²) in [5.41, 5.74) is 8.47. The number of allylic oxidation sites excluding steroid dienone is 1. The van der Waals surface area contributed by atoms with Crippen molar-refractivity contribution < 1.29 is 0 Å². The van der Waals surface area contributed by atoms with Crippen LogP contribution in [-0.4, -0.2) is 30.1 Å². The fourth-order valence-corrected chi connectivity index (χ4v) is 5.79. The molecule has 0 aromatic carbocycles. The second kappa shape index (κ2) is 8.67. The lowest BCUT2D eigenvalue weighted by Gasteiger charge is -2.28. The van der Waals surface area contributed by atoms with E-state index >= 15 is 0 Å². The molecule has 0 amide bonds. The summed E-state index contributed by atoms with van der Waals surface area (Å²) >= 11 is 1.75. The highest BCUT2D eigenvalue weighted by Gasteiger charge is 2.21. The molecular weight excluding hydrogens is 478 g/mol. The van der Waals surface area contributed by atoms with Crippen LogP contribution in [0.3, 0.4) is 0 Å². The monoisotopic (exact) mass is 503 g/mol. The molecule has 0 atom stereocenters. The summed E-state index contributed by atoms with van der Waals surface area (Å²) in [6.45, 7) is 6.34. The molecule has 1 fully saturated rings. The Morgan fingerprint density at radius 1 is 1.00 bits per heavy atom. The van der Waals surface area contributed by atoms with Gasteiger partial charge in [0.15, 0.2) is 0 Å². The Morgan fingerprint density at radius 2 is 1.89 bits per heavy atom. The lowest BCUT2D eigenvalue weighted by atomic mass is 9.83. The van der Waals surface area contributed by atoms with Crippen LogP contribution in [-0.2, 0) is 0 Å². The molecule has 0 aliphatic heterocycles. The van der Waals surface area contributed by atoms with E-state index in [4.69, 9.17) is 0 Å². The Labute approximate surface area is 217 Å². The van der Waals surface area contributed by atoms with Crippen LogP contribution in [0.25, 0.3) is 55.0 Å². The third-order valence-electron chi connectivity index (χ3n) is 7.16. The third-order valence-corrected chi connectivity index (χ3v) is 8.17. The van der Waals surface area contributed by atoms with Crippen molar-refractivity contribution in [1.82, 2.24) is 30.1 Å². The van der Waals surface area contributed by atoms with Crippen LogP contribution >= 0.6 is 11.3 Å². The Hall–Kier alpha value is -4.30. The number of hydrogen-bond donors (Lipinski definition) is 3. The highest BCUT2D eigenvalue weighted by atomic mass is 32.1. The summed E-state index contributed by atoms with van der Waals surface area (Å²) < 4.78 is 0. The van der Waals surface area contributed by atoms with Crippen LogP contribution < -0.4 is 5.32 Å². The highest BCUT2D eigenvalue weighted by molar-refractivity contribution is 7.15. The van der Waals surface area contributed by atoms with Crippen molar-refractivity contribution in [2.24, 2.45) is 5.92 Å². The maximum atomic E-state index is 4.69. The van der Waals surface area contributed by atoms with Crippen LogP contribution in [0.5, 0.6) is 0 Å². The van der Waals surface area contributed by atoms with Crippen molar-refractivity contribution in [2.45, 2.75) is 26.2 Å². The molecule has 0 radical (unpaired) electrons. The first-order valence-electron chi connectivity index (χ1n) is 12.4. The summed E-state index contributed by atoms with van der Waals surface area (Å²) in [7, 11) is 0. The van der Waals surface area contributed by atoms with E-state index in [2.05, 4.69) is 79.3 Å². The van der Waals surface area contributed by atoms with Gasteiger partial charge in [0.2, 0.25) is 0 Å². The Kier molecular flexibility index (Phi) is 5.14. The van der Waals surface area contributed by atoms with Crippen LogP contribution in [0.15, 0.2) is 73.5 Å². The molecule has 0 unspecified atom stereocenters. The van der Waals surface area contributed by atoms with E-state index < -0.39 is 0 Å². The third kappa shape index (κ3) is 3.90. The normalized spacial score (nSPS) is 13.8. The van der Waals surface area contributed by atoms with E-state index in [1.165, 1.54) is 24.1 Å². The van der Waals surface area contributed by atoms with E-state index in [9.17, 15) is 0 Å². The van der Waals surface area contributed by atoms with Gasteiger partial charge in [-0.05, 0) is 62.1 Å². The first kappa shape index (κ1) is 21.9. The topological polar surface area (TPSA) is 95.2 Å². The highest BCUT2D eigenvalue weighted by Crippen LogP contribution is 2.36. The Bertz CT molecular complexity index is 1790. The number of nitrogens with zero attached hydrogens (tertiary/aromatic N) is 4. The molecular formula is C29H25N7S. The molecule has 0 spiro atoms. The van der Waals surface area contributed by atoms with E-state index in [1.54, 1.807) is 11.3 Å². The molecule has 6 aromatic rings. The number of aromatic amines is 2. The van der Waals surface area contributed by atoms with E-state index in [1.807, 2.05) is 30.9 Å². The van der Waals surface area contributed by atoms with Crippen molar-refractivity contribution in [3.63, 3.8) is 0 Å². The smallest absolute Gasteiger partial charge is 0.116 e. The number of aromatic nitrogens is 6. The molecule has 3 N–H and O–H groups in total. The van der Waals surface area contributed by atoms with Gasteiger partial charge in [0.1, 0.15) is 5.69 Å². The number of nitrogens with one attached hydrogen (secondary N) is 3. The summed E-state index contributed by atoms with van der Waals surface area (Å²) in [6.07, 6.45) is 11.1. The number of H-pyrrole nitrogens is 2. The van der Waals surface area contributed by atoms with Gasteiger partial charge in [0.05, 0.1) is 45.6 Å². The molecule has 6 aromatic heterocycles. The lowest BCUT2D eigenvalue weighted by Crippen LogP contribution is -2.18. The number of anilines is 1. The molecule has 1 aliphatic carbocycles. The predicted molar refractivity (Wildman–Crippen MR) is 150 cm³/mol. The molecule has 7 rings (SSSR count). The van der Waals surface area contributed by atoms with E-state index in [0.717, 1.165) is 66.4 Å². The van der Waals surface area contributed by atoms with Crippen molar-refractivity contribution >= 4 is 38.8 Å². The first-order valence-corrected chi connectivity index (χ1v) is 13.2. The standard InChI is InChI=1S/C29H25N7S/c1-16-6-7-27(37-16)29-21-12-25(34-23(21)8-9-31-29)28-22-11-24(32-15-26(22)35-36-28)19-10-20(14-30-13-19)33-17(2)18-4-3-5-18/h6-15,18,33-34H,2-5H2,1H3,(H,35,36). The van der Waals surface area contributed by atoms with Gasteiger partial charge in [-0.1, -0.05) is 13.0 Å². The molecule has 1 aliphatic rings. The number of thiophene rings is 1. The molecule has 6 heterocycles. The van der Waals surface area contributed by atoms with Crippen LogP contribution in [0.1, 0.15) is 24.1 Å². The van der Waals surface area contributed by atoms with Gasteiger partial charge in [-0.2, -0.15) is 5.10 Å². The van der Waals surface area contributed by atoms with Gasteiger partial charge in [0, 0.05) is 44.8 Å². The quantitative estimate of drug-likeness (QED) is 0.221. The molecule has 0 bridgehead atoms. The van der Waals surface area contributed by atoms with Crippen molar-refractivity contribution in [1.29, 1.82) is 0 Å². The summed E-state index contributed by atoms with van der Waals surface area (Å²) in [6, 6.07) is 12.6. The Morgan fingerprint density at radius 3 is 2.70 bits per heavy atom. The average Bonchev–Trinajstić information content (AvgIpc) is 3.60. The van der Waals surface area contributed by atoms with Gasteiger partial charge < -0.3 is 10.3 Å². The minimum absolute atomic E-state index is 0.558. The zero-order chi connectivity index (χ0) is 24.9. The second-order valence-corrected chi connectivity index (χ2v) is 10.9. The molecule has 7 nitrogen and oxygen atoms in total. The van der Waals surface area contributed by atoms with E-state index in [-0.39, 0.29) is 0 Å². The van der Waals surface area contributed by atoms with Gasteiger partial charge in [-0.25, -0.2) is 0 Å². The summed E-state index contributed by atoms with van der Waals surface area (Å²) in [4.78, 5) is 19.8. The lowest BCUT2D eigenvalue weighted by molar-refractivity contribution is 0.371. The SMILES string of the molecule is C=C(Nc1cncc(-c2cc3c(-c4cc5c(-c6ccc(C)s6)nccc5[nH]4)n[nH]c3cn2)c1)C1CCC1. The number of rotatable bonds is 6. The van der Waals surface area contributed by atoms with Crippen molar-refractivity contribution in [2.75, 3.05) is 5.32 Å². The molecule has 37 heavy (non-hydrogen) atoms. The number of aryl methyl sites for hydroxylation is 1. The van der Waals surface area contributed by atoms with Crippen LogP contribution in [0, 0.1) is 12.8 Å². The number of fused-ring (bicyclic) bond motifs is 2. The Balaban J connectivity index is 1.26. The minimum Gasteiger partial charge on any atom is -0.358 e. The average molecular weight is 504 g/mol. The summed E-state index contributed by atoms with van der Waals surface area (Å²) in [5, 5.41) is 13.3. The largest absolute Gasteiger partial charge is 0.358 e. The second-order valence-electron chi connectivity index (χ2n) is 9.64. The molecule has 1 saturated carbocycles. The maximum absolute atomic E-state index is 4.69. The predicted octanol–water partition coefficient (Wildman–Crippen LogP) is 7.33. The minimum atomic E-state index is 0.558. The van der Waals surface area contributed by atoms with Crippen molar-refractivity contribution in [3.8, 4) is 33.2 Å². The van der Waals surface area contributed by atoms with Gasteiger partial charge >= 0.3 is 0 Å². The zero-order valence-corrected chi connectivity index (χ0v) is 21.2. The first-order chi connectivity index (χ1) is 18.1. The number of hydrogen-bond acceptors (Lipinski definition) is 6. The molecule has 0 saturated heterocycles. The fourth-order valence-electron chi connectivity index (χ4n) is 4.91.